The number of ether oxygens (including phenoxy) is 1. The van der Waals surface area contributed by atoms with Crippen LogP contribution in [-0.4, -0.2) is 29.3 Å². The lowest BCUT2D eigenvalue weighted by Crippen LogP contribution is -2.42. The lowest BCUT2D eigenvalue weighted by molar-refractivity contribution is -0.134. The number of alkyl carbamates (subject to hydrolysis) is 1. The third kappa shape index (κ3) is 9.44. The molecule has 5 heteroatoms. The van der Waals surface area contributed by atoms with Gasteiger partial charge in [0.15, 0.2) is 0 Å². The molecule has 0 aliphatic heterocycles. The van der Waals surface area contributed by atoms with Gasteiger partial charge in [-0.05, 0) is 51.0 Å². The predicted molar refractivity (Wildman–Crippen MR) is 103 cm³/mol. The molecule has 2 rings (SSSR count). The van der Waals surface area contributed by atoms with Gasteiger partial charge in [0.25, 0.3) is 5.97 Å². The maximum Gasteiger partial charge on any atom is 0.407 e. The SMILES string of the molecule is CC(=O)O.CC(C)(C)OC(=O)NCC1(Cc2ccccc2)CCCCC1. The molecule has 2 N–H and O–H groups in total. The molecule has 1 aliphatic rings. The molecule has 0 spiro atoms. The Labute approximate surface area is 157 Å². The van der Waals surface area contributed by atoms with Crippen LogP contribution in [0.25, 0.3) is 0 Å². The maximum atomic E-state index is 12.0. The van der Waals surface area contributed by atoms with E-state index in [1.54, 1.807) is 0 Å². The third-order valence-electron chi connectivity index (χ3n) is 4.34. The predicted octanol–water partition coefficient (Wildman–Crippen LogP) is 4.80. The number of benzene rings is 1. The first-order valence-electron chi connectivity index (χ1n) is 9.32. The van der Waals surface area contributed by atoms with E-state index in [-0.39, 0.29) is 11.5 Å². The van der Waals surface area contributed by atoms with Gasteiger partial charge in [-0.1, -0.05) is 49.6 Å². The van der Waals surface area contributed by atoms with Gasteiger partial charge in [0, 0.05) is 13.5 Å². The van der Waals surface area contributed by atoms with Crippen LogP contribution < -0.4 is 5.32 Å². The standard InChI is InChI=1S/C19H29NO2.C2H4O2/c1-18(2,3)22-17(21)20-15-19(12-8-5-9-13-19)14-16-10-6-4-7-11-16;1-2(3)4/h4,6-7,10-11H,5,8-9,12-15H2,1-3H3,(H,20,21);1H3,(H,3,4). The summed E-state index contributed by atoms with van der Waals surface area (Å²) >= 11 is 0. The first-order chi connectivity index (χ1) is 12.1. The summed E-state index contributed by atoms with van der Waals surface area (Å²) in [6.07, 6.45) is 6.90. The largest absolute Gasteiger partial charge is 0.481 e. The molecule has 0 bridgehead atoms. The van der Waals surface area contributed by atoms with Crippen LogP contribution in [0.1, 0.15) is 65.4 Å². The second-order valence-electron chi connectivity index (χ2n) is 8.10. The van der Waals surface area contributed by atoms with Crippen LogP contribution in [0.4, 0.5) is 4.79 Å². The number of nitrogens with one attached hydrogen (secondary N) is 1. The molecular weight excluding hydrogens is 330 g/mol. The van der Waals surface area contributed by atoms with Crippen LogP contribution in [0.3, 0.4) is 0 Å². The average Bonchev–Trinajstić information content (AvgIpc) is 2.53. The fraction of sp³-hybridized carbons (Fsp3) is 0.619. The van der Waals surface area contributed by atoms with Gasteiger partial charge in [0.2, 0.25) is 0 Å². The second-order valence-corrected chi connectivity index (χ2v) is 8.10. The van der Waals surface area contributed by atoms with Crippen LogP contribution in [0.2, 0.25) is 0 Å². The molecule has 0 unspecified atom stereocenters. The van der Waals surface area contributed by atoms with Gasteiger partial charge in [-0.15, -0.1) is 0 Å². The fourth-order valence-corrected chi connectivity index (χ4v) is 3.32. The number of hydrogen-bond acceptors (Lipinski definition) is 3. The van der Waals surface area contributed by atoms with E-state index in [1.165, 1.54) is 37.7 Å². The molecule has 1 amide bonds. The van der Waals surface area contributed by atoms with Crippen LogP contribution >= 0.6 is 0 Å². The first kappa shape index (κ1) is 22.0. The Morgan fingerprint density at radius 1 is 1.12 bits per heavy atom. The molecule has 1 aromatic rings. The summed E-state index contributed by atoms with van der Waals surface area (Å²) < 4.78 is 5.37. The lowest BCUT2D eigenvalue weighted by atomic mass is 9.70. The van der Waals surface area contributed by atoms with Crippen LogP contribution in [0.5, 0.6) is 0 Å². The highest BCUT2D eigenvalue weighted by Gasteiger charge is 2.33. The summed E-state index contributed by atoms with van der Waals surface area (Å²) in [5, 5.41) is 10.4. The number of carbonyl (C=O) groups excluding carboxylic acids is 1. The lowest BCUT2D eigenvalue weighted by Gasteiger charge is -2.38. The minimum Gasteiger partial charge on any atom is -0.481 e. The normalized spacial score (nSPS) is 16.0. The Morgan fingerprint density at radius 2 is 1.65 bits per heavy atom. The van der Waals surface area contributed by atoms with Crippen molar-refractivity contribution in [2.45, 2.75) is 71.8 Å². The molecule has 0 heterocycles. The van der Waals surface area contributed by atoms with E-state index in [9.17, 15) is 4.79 Å². The summed E-state index contributed by atoms with van der Waals surface area (Å²) in [7, 11) is 0. The van der Waals surface area contributed by atoms with Crippen molar-refractivity contribution in [3.8, 4) is 0 Å². The molecule has 1 aromatic carbocycles. The molecule has 1 aliphatic carbocycles. The van der Waals surface area contributed by atoms with Crippen LogP contribution in [-0.2, 0) is 16.0 Å². The van der Waals surface area contributed by atoms with E-state index < -0.39 is 11.6 Å². The highest BCUT2D eigenvalue weighted by Crippen LogP contribution is 2.38. The van der Waals surface area contributed by atoms with Crippen LogP contribution in [0, 0.1) is 5.41 Å². The Kier molecular flexibility index (Phi) is 8.62. The molecule has 0 radical (unpaired) electrons. The minimum atomic E-state index is -0.833. The van der Waals surface area contributed by atoms with Gasteiger partial charge in [-0.2, -0.15) is 0 Å². The van der Waals surface area contributed by atoms with Crippen molar-refractivity contribution in [3.63, 3.8) is 0 Å². The Morgan fingerprint density at radius 3 is 2.15 bits per heavy atom. The molecule has 1 saturated carbocycles. The van der Waals surface area contributed by atoms with Crippen molar-refractivity contribution in [1.29, 1.82) is 0 Å². The van der Waals surface area contributed by atoms with E-state index >= 15 is 0 Å². The third-order valence-corrected chi connectivity index (χ3v) is 4.34. The van der Waals surface area contributed by atoms with E-state index in [4.69, 9.17) is 14.6 Å². The van der Waals surface area contributed by atoms with Crippen molar-refractivity contribution < 1.29 is 19.4 Å². The first-order valence-corrected chi connectivity index (χ1v) is 9.32. The summed E-state index contributed by atoms with van der Waals surface area (Å²) in [5.74, 6) is -0.833. The zero-order valence-electron chi connectivity index (χ0n) is 16.5. The van der Waals surface area contributed by atoms with Crippen molar-refractivity contribution in [2.24, 2.45) is 5.41 Å². The molecular formula is C21H33NO4. The van der Waals surface area contributed by atoms with Crippen molar-refractivity contribution >= 4 is 12.1 Å². The fourth-order valence-electron chi connectivity index (χ4n) is 3.32. The number of amides is 1. The molecule has 0 saturated heterocycles. The summed E-state index contributed by atoms with van der Waals surface area (Å²) in [6, 6.07) is 10.6. The summed E-state index contributed by atoms with van der Waals surface area (Å²) in [6.45, 7) is 7.48. The van der Waals surface area contributed by atoms with E-state index in [2.05, 4.69) is 35.6 Å². The smallest absolute Gasteiger partial charge is 0.407 e. The van der Waals surface area contributed by atoms with Crippen molar-refractivity contribution in [3.05, 3.63) is 35.9 Å². The number of hydrogen-bond donors (Lipinski definition) is 2. The number of carboxylic acid groups (broad SMARTS) is 1. The van der Waals surface area contributed by atoms with E-state index in [0.717, 1.165) is 13.3 Å². The Balaban J connectivity index is 0.000000765. The number of carboxylic acids is 1. The molecule has 26 heavy (non-hydrogen) atoms. The number of rotatable bonds is 4. The Hall–Kier alpha value is -2.04. The minimum absolute atomic E-state index is 0.177. The van der Waals surface area contributed by atoms with E-state index in [1.807, 2.05) is 20.8 Å². The zero-order valence-corrected chi connectivity index (χ0v) is 16.5. The van der Waals surface area contributed by atoms with Gasteiger partial charge in [0.1, 0.15) is 5.60 Å². The van der Waals surface area contributed by atoms with Gasteiger partial charge < -0.3 is 15.2 Å². The van der Waals surface area contributed by atoms with Crippen molar-refractivity contribution in [2.75, 3.05) is 6.54 Å². The molecule has 0 aromatic heterocycles. The van der Waals surface area contributed by atoms with Gasteiger partial charge in [-0.25, -0.2) is 4.79 Å². The van der Waals surface area contributed by atoms with Gasteiger partial charge in [-0.3, -0.25) is 4.79 Å². The van der Waals surface area contributed by atoms with Crippen LogP contribution in [0.15, 0.2) is 30.3 Å². The quantitative estimate of drug-likeness (QED) is 0.806. The Bertz CT molecular complexity index is 553. The molecule has 5 nitrogen and oxygen atoms in total. The highest BCUT2D eigenvalue weighted by atomic mass is 16.6. The summed E-state index contributed by atoms with van der Waals surface area (Å²) in [5.41, 5.74) is 1.09. The number of carbonyl (C=O) groups is 2. The van der Waals surface area contributed by atoms with Gasteiger partial charge >= 0.3 is 6.09 Å². The topological polar surface area (TPSA) is 75.6 Å². The zero-order chi connectivity index (χ0) is 19.6. The molecule has 0 atom stereocenters. The van der Waals surface area contributed by atoms with Gasteiger partial charge in [0.05, 0.1) is 0 Å². The summed E-state index contributed by atoms with van der Waals surface area (Å²) in [4.78, 5) is 21.0. The van der Waals surface area contributed by atoms with Crippen molar-refractivity contribution in [1.82, 2.24) is 5.32 Å². The number of aliphatic carboxylic acids is 1. The molecule has 146 valence electrons. The average molecular weight is 363 g/mol. The maximum absolute atomic E-state index is 12.0. The highest BCUT2D eigenvalue weighted by molar-refractivity contribution is 5.67. The van der Waals surface area contributed by atoms with E-state index in [0.29, 0.717) is 6.54 Å². The second kappa shape index (κ2) is 10.2. The molecule has 1 fully saturated rings. The monoisotopic (exact) mass is 363 g/mol.